The number of amides is 1. The van der Waals surface area contributed by atoms with E-state index in [0.717, 1.165) is 50.6 Å². The van der Waals surface area contributed by atoms with Crippen LogP contribution in [-0.4, -0.2) is 43.7 Å². The number of morpholine rings is 1. The van der Waals surface area contributed by atoms with Crippen molar-refractivity contribution in [2.45, 2.75) is 12.6 Å². The first-order chi connectivity index (χ1) is 15.2. The molecule has 7 heteroatoms. The number of rotatable bonds is 8. The van der Waals surface area contributed by atoms with Crippen LogP contribution in [0.1, 0.15) is 26.8 Å². The van der Waals surface area contributed by atoms with Crippen molar-refractivity contribution in [1.29, 1.82) is 0 Å². The number of benzene rings is 2. The molecule has 1 aliphatic rings. The summed E-state index contributed by atoms with van der Waals surface area (Å²) in [5, 5.41) is 9.12. The zero-order chi connectivity index (χ0) is 21.5. The molecule has 162 valence electrons. The fraction of sp³-hybridized carbons (Fsp3) is 0.292. The fourth-order valence-corrected chi connectivity index (χ4v) is 4.82. The maximum atomic E-state index is 12.5. The van der Waals surface area contributed by atoms with E-state index in [9.17, 15) is 4.79 Å². The number of hydrogen-bond donors (Lipinski definition) is 2. The van der Waals surface area contributed by atoms with Gasteiger partial charge in [0.25, 0.3) is 5.91 Å². The van der Waals surface area contributed by atoms with Crippen molar-refractivity contribution in [1.82, 2.24) is 10.2 Å². The van der Waals surface area contributed by atoms with E-state index >= 15 is 0 Å². The van der Waals surface area contributed by atoms with Gasteiger partial charge >= 0.3 is 0 Å². The smallest absolute Gasteiger partial charge is 0.257 e. The zero-order valence-corrected chi connectivity index (χ0v) is 18.8. The van der Waals surface area contributed by atoms with Crippen molar-refractivity contribution in [3.8, 4) is 0 Å². The second-order valence-electron chi connectivity index (χ2n) is 7.44. The molecule has 0 spiro atoms. The number of anilines is 1. The predicted octanol–water partition coefficient (Wildman–Crippen LogP) is 4.82. The Labute approximate surface area is 192 Å². The van der Waals surface area contributed by atoms with Gasteiger partial charge in [-0.3, -0.25) is 9.69 Å². The molecule has 0 radical (unpaired) electrons. The Balaban J connectivity index is 1.36. The molecule has 2 N–H and O–H groups in total. The summed E-state index contributed by atoms with van der Waals surface area (Å²) in [6.45, 7) is 5.06. The first-order valence-corrected chi connectivity index (χ1v) is 11.7. The van der Waals surface area contributed by atoms with Crippen LogP contribution in [0.4, 0.5) is 5.69 Å². The van der Waals surface area contributed by atoms with E-state index in [4.69, 9.17) is 16.3 Å². The monoisotopic (exact) mass is 455 g/mol. The van der Waals surface area contributed by atoms with Gasteiger partial charge in [-0.15, -0.1) is 11.3 Å². The maximum Gasteiger partial charge on any atom is 0.257 e. The van der Waals surface area contributed by atoms with Crippen molar-refractivity contribution >= 4 is 34.5 Å². The lowest BCUT2D eigenvalue weighted by molar-refractivity contribution is 0.0168. The van der Waals surface area contributed by atoms with Crippen LogP contribution < -0.4 is 10.6 Å². The third kappa shape index (κ3) is 5.93. The summed E-state index contributed by atoms with van der Waals surface area (Å²) >= 11 is 7.94. The molecule has 3 aromatic rings. The van der Waals surface area contributed by atoms with Crippen molar-refractivity contribution in [3.05, 3.63) is 87.1 Å². The highest BCUT2D eigenvalue weighted by Crippen LogP contribution is 2.25. The highest BCUT2D eigenvalue weighted by molar-refractivity contribution is 7.10. The molecule has 2 heterocycles. The Morgan fingerprint density at radius 3 is 2.71 bits per heavy atom. The summed E-state index contributed by atoms with van der Waals surface area (Å²) in [4.78, 5) is 16.4. The van der Waals surface area contributed by atoms with Gasteiger partial charge in [0.1, 0.15) is 0 Å². The van der Waals surface area contributed by atoms with E-state index in [1.165, 1.54) is 4.88 Å². The molecule has 31 heavy (non-hydrogen) atoms. The van der Waals surface area contributed by atoms with Gasteiger partial charge < -0.3 is 15.4 Å². The normalized spacial score (nSPS) is 15.5. The Morgan fingerprint density at radius 2 is 1.94 bits per heavy atom. The summed E-state index contributed by atoms with van der Waals surface area (Å²) in [5.41, 5.74) is 2.34. The zero-order valence-electron chi connectivity index (χ0n) is 17.2. The molecule has 1 atom stereocenters. The van der Waals surface area contributed by atoms with E-state index in [1.807, 2.05) is 24.3 Å². The Hall–Kier alpha value is -2.22. The van der Waals surface area contributed by atoms with Gasteiger partial charge in [-0.2, -0.15) is 0 Å². The molecule has 1 saturated heterocycles. The lowest BCUT2D eigenvalue weighted by Gasteiger charge is -2.34. The van der Waals surface area contributed by atoms with Crippen LogP contribution in [0.3, 0.4) is 0 Å². The standard InChI is InChI=1S/C24H26ClN3O2S/c25-21-8-2-1-7-20(21)24(29)27-19-6-3-5-18(15-19)16-26-17-22(23-9-4-14-31-23)28-10-12-30-13-11-28/h1-9,14-15,22,26H,10-13,16-17H2,(H,27,29). The summed E-state index contributed by atoms with van der Waals surface area (Å²) in [6, 6.07) is 19.6. The average Bonchev–Trinajstić information content (AvgIpc) is 3.32. The molecule has 4 rings (SSSR count). The van der Waals surface area contributed by atoms with Crippen LogP contribution in [0.25, 0.3) is 0 Å². The average molecular weight is 456 g/mol. The minimum atomic E-state index is -0.208. The van der Waals surface area contributed by atoms with Gasteiger partial charge in [-0.25, -0.2) is 0 Å². The lowest BCUT2D eigenvalue weighted by Crippen LogP contribution is -2.42. The Morgan fingerprint density at radius 1 is 1.10 bits per heavy atom. The number of nitrogens with zero attached hydrogens (tertiary/aromatic N) is 1. The van der Waals surface area contributed by atoms with Gasteiger partial charge in [0, 0.05) is 36.7 Å². The van der Waals surface area contributed by atoms with Gasteiger partial charge in [0.05, 0.1) is 29.8 Å². The first kappa shape index (κ1) is 22.0. The molecule has 1 fully saturated rings. The molecule has 1 aliphatic heterocycles. The van der Waals surface area contributed by atoms with Gasteiger partial charge in [-0.1, -0.05) is 41.9 Å². The van der Waals surface area contributed by atoms with Crippen LogP contribution >= 0.6 is 22.9 Å². The molecule has 5 nitrogen and oxygen atoms in total. The SMILES string of the molecule is O=C(Nc1cccc(CNCC(c2cccs2)N2CCOCC2)c1)c1ccccc1Cl. The van der Waals surface area contributed by atoms with Crippen LogP contribution in [0.5, 0.6) is 0 Å². The van der Waals surface area contributed by atoms with Crippen LogP contribution in [0.2, 0.25) is 5.02 Å². The number of carbonyl (C=O) groups is 1. The van der Waals surface area contributed by atoms with Crippen LogP contribution in [-0.2, 0) is 11.3 Å². The maximum absolute atomic E-state index is 12.5. The van der Waals surface area contributed by atoms with Crippen LogP contribution in [0.15, 0.2) is 66.0 Å². The third-order valence-corrected chi connectivity index (χ3v) is 6.63. The minimum absolute atomic E-state index is 0.208. The van der Waals surface area contributed by atoms with E-state index in [1.54, 1.807) is 29.5 Å². The van der Waals surface area contributed by atoms with Crippen molar-refractivity contribution in [2.75, 3.05) is 38.2 Å². The van der Waals surface area contributed by atoms with Crippen LogP contribution in [0, 0.1) is 0 Å². The number of carbonyl (C=O) groups excluding carboxylic acids is 1. The summed E-state index contributed by atoms with van der Waals surface area (Å²) in [6.07, 6.45) is 0. The molecular weight excluding hydrogens is 430 g/mol. The fourth-order valence-electron chi connectivity index (χ4n) is 3.74. The number of hydrogen-bond acceptors (Lipinski definition) is 5. The second-order valence-corrected chi connectivity index (χ2v) is 8.83. The molecule has 2 aromatic carbocycles. The highest BCUT2D eigenvalue weighted by atomic mass is 35.5. The first-order valence-electron chi connectivity index (χ1n) is 10.4. The molecule has 0 aliphatic carbocycles. The summed E-state index contributed by atoms with van der Waals surface area (Å²) in [5.74, 6) is -0.208. The Bertz CT molecular complexity index is 990. The lowest BCUT2D eigenvalue weighted by atomic mass is 10.1. The Kier molecular flexibility index (Phi) is 7.72. The molecular formula is C24H26ClN3O2S. The van der Waals surface area contributed by atoms with Gasteiger partial charge in [0.15, 0.2) is 0 Å². The predicted molar refractivity (Wildman–Crippen MR) is 127 cm³/mol. The third-order valence-electron chi connectivity index (χ3n) is 5.33. The largest absolute Gasteiger partial charge is 0.379 e. The van der Waals surface area contributed by atoms with E-state index in [-0.39, 0.29) is 5.91 Å². The number of ether oxygens (including phenoxy) is 1. The molecule has 0 saturated carbocycles. The van der Waals surface area contributed by atoms with E-state index in [0.29, 0.717) is 16.6 Å². The quantitative estimate of drug-likeness (QED) is 0.511. The van der Waals surface area contributed by atoms with E-state index < -0.39 is 0 Å². The van der Waals surface area contributed by atoms with Crippen molar-refractivity contribution < 1.29 is 9.53 Å². The molecule has 0 bridgehead atoms. The van der Waals surface area contributed by atoms with Crippen molar-refractivity contribution in [2.24, 2.45) is 0 Å². The van der Waals surface area contributed by atoms with Crippen molar-refractivity contribution in [3.63, 3.8) is 0 Å². The summed E-state index contributed by atoms with van der Waals surface area (Å²) in [7, 11) is 0. The van der Waals surface area contributed by atoms with E-state index in [2.05, 4.69) is 39.1 Å². The molecule has 1 amide bonds. The molecule has 1 unspecified atom stereocenters. The number of halogens is 1. The molecule has 1 aromatic heterocycles. The minimum Gasteiger partial charge on any atom is -0.379 e. The summed E-state index contributed by atoms with van der Waals surface area (Å²) < 4.78 is 5.52. The number of thiophene rings is 1. The second kappa shape index (κ2) is 10.9. The van der Waals surface area contributed by atoms with Gasteiger partial charge in [-0.05, 0) is 41.3 Å². The number of nitrogens with one attached hydrogen (secondary N) is 2. The topological polar surface area (TPSA) is 53.6 Å². The highest BCUT2D eigenvalue weighted by Gasteiger charge is 2.23. The van der Waals surface area contributed by atoms with Gasteiger partial charge in [0.2, 0.25) is 0 Å².